The molecule has 1 N–H and O–H groups in total. The van der Waals surface area contributed by atoms with Gasteiger partial charge in [0, 0.05) is 12.1 Å². The Labute approximate surface area is 109 Å². The summed E-state index contributed by atoms with van der Waals surface area (Å²) in [5.74, 6) is 0.898. The van der Waals surface area contributed by atoms with Crippen molar-refractivity contribution in [1.29, 1.82) is 0 Å². The maximum Gasteiger partial charge on any atom is 0.142 e. The third-order valence-electron chi connectivity index (χ3n) is 3.38. The summed E-state index contributed by atoms with van der Waals surface area (Å²) >= 11 is 0. The zero-order valence-corrected chi connectivity index (χ0v) is 11.7. The molecule has 1 saturated heterocycles. The number of rotatable bonds is 3. The van der Waals surface area contributed by atoms with E-state index >= 15 is 0 Å². The van der Waals surface area contributed by atoms with Crippen molar-refractivity contribution in [2.45, 2.75) is 51.9 Å². The summed E-state index contributed by atoms with van der Waals surface area (Å²) in [5.41, 5.74) is 1.04. The van der Waals surface area contributed by atoms with Crippen LogP contribution in [0, 0.1) is 0 Å². The molecule has 2 rings (SSSR count). The van der Waals surface area contributed by atoms with Crippen LogP contribution in [0.2, 0.25) is 0 Å². The van der Waals surface area contributed by atoms with Crippen LogP contribution >= 0.6 is 0 Å². The van der Waals surface area contributed by atoms with E-state index in [-0.39, 0.29) is 17.7 Å². The van der Waals surface area contributed by atoms with Gasteiger partial charge in [-0.2, -0.15) is 0 Å². The predicted octanol–water partition coefficient (Wildman–Crippen LogP) is 2.82. The fraction of sp³-hybridized carbons (Fsp3) is 0.600. The maximum absolute atomic E-state index is 9.89. The molecule has 1 aromatic carbocycles. The zero-order chi connectivity index (χ0) is 13.3. The van der Waals surface area contributed by atoms with Crippen LogP contribution in [0.15, 0.2) is 24.3 Å². The first-order valence-corrected chi connectivity index (χ1v) is 6.61. The van der Waals surface area contributed by atoms with Gasteiger partial charge in [-0.25, -0.2) is 0 Å². The van der Waals surface area contributed by atoms with Crippen LogP contribution in [-0.2, 0) is 0 Å². The predicted molar refractivity (Wildman–Crippen MR) is 74.3 cm³/mol. The molecule has 0 aliphatic carbocycles. The quantitative estimate of drug-likeness (QED) is 0.894. The number of hydrogen-bond acceptors (Lipinski definition) is 3. The SMILES string of the molecule is CC(C)Oc1ccccc1N1CC(O)CC1(C)C. The van der Waals surface area contributed by atoms with E-state index in [0.29, 0.717) is 6.54 Å². The molecule has 0 bridgehead atoms. The second-order valence-electron chi connectivity index (χ2n) is 5.92. The van der Waals surface area contributed by atoms with Crippen LogP contribution in [0.1, 0.15) is 34.1 Å². The first kappa shape index (κ1) is 13.2. The highest BCUT2D eigenvalue weighted by Crippen LogP contribution is 2.39. The molecule has 3 nitrogen and oxygen atoms in total. The van der Waals surface area contributed by atoms with Crippen LogP contribution < -0.4 is 9.64 Å². The Bertz CT molecular complexity index is 415. The van der Waals surface area contributed by atoms with Crippen molar-refractivity contribution in [3.63, 3.8) is 0 Å². The first-order chi connectivity index (χ1) is 8.40. The van der Waals surface area contributed by atoms with E-state index in [1.54, 1.807) is 0 Å². The van der Waals surface area contributed by atoms with Crippen LogP contribution in [0.3, 0.4) is 0 Å². The van der Waals surface area contributed by atoms with Crippen LogP contribution in [0.4, 0.5) is 5.69 Å². The van der Waals surface area contributed by atoms with Gasteiger partial charge in [0.2, 0.25) is 0 Å². The number of anilines is 1. The molecule has 3 heteroatoms. The molecule has 0 saturated carbocycles. The van der Waals surface area contributed by atoms with Gasteiger partial charge in [0.15, 0.2) is 0 Å². The average Bonchev–Trinajstić information content (AvgIpc) is 2.52. The minimum atomic E-state index is -0.257. The van der Waals surface area contributed by atoms with Gasteiger partial charge < -0.3 is 14.7 Å². The highest BCUT2D eigenvalue weighted by molar-refractivity contribution is 5.61. The fourth-order valence-corrected chi connectivity index (χ4v) is 2.67. The summed E-state index contributed by atoms with van der Waals surface area (Å²) in [6, 6.07) is 8.07. The van der Waals surface area contributed by atoms with Gasteiger partial charge in [-0.1, -0.05) is 12.1 Å². The molecule has 18 heavy (non-hydrogen) atoms. The molecule has 0 spiro atoms. The molecular weight excluding hydrogens is 226 g/mol. The molecule has 1 unspecified atom stereocenters. The van der Waals surface area contributed by atoms with Crippen LogP contribution in [0.5, 0.6) is 5.75 Å². The van der Waals surface area contributed by atoms with Gasteiger partial charge in [0.05, 0.1) is 17.9 Å². The van der Waals surface area contributed by atoms with E-state index in [0.717, 1.165) is 17.9 Å². The number of aliphatic hydroxyl groups is 1. The minimum Gasteiger partial charge on any atom is -0.489 e. The van der Waals surface area contributed by atoms with Crippen molar-refractivity contribution in [2.24, 2.45) is 0 Å². The lowest BCUT2D eigenvalue weighted by Gasteiger charge is -2.34. The van der Waals surface area contributed by atoms with E-state index < -0.39 is 0 Å². The lowest BCUT2D eigenvalue weighted by Crippen LogP contribution is -2.38. The minimum absolute atomic E-state index is 0.0319. The van der Waals surface area contributed by atoms with Crippen molar-refractivity contribution in [1.82, 2.24) is 0 Å². The van der Waals surface area contributed by atoms with Gasteiger partial charge in [-0.15, -0.1) is 0 Å². The summed E-state index contributed by atoms with van der Waals surface area (Å²) in [5, 5.41) is 9.89. The van der Waals surface area contributed by atoms with E-state index in [1.165, 1.54) is 0 Å². The van der Waals surface area contributed by atoms with Gasteiger partial charge in [0.1, 0.15) is 5.75 Å². The number of β-amino-alcohol motifs (C(OH)–C–C–N with tert-alkyl or cyclic N) is 1. The molecular formula is C15H23NO2. The Kier molecular flexibility index (Phi) is 3.53. The Morgan fingerprint density at radius 3 is 2.56 bits per heavy atom. The van der Waals surface area contributed by atoms with E-state index in [2.05, 4.69) is 24.8 Å². The summed E-state index contributed by atoms with van der Waals surface area (Å²) in [6.07, 6.45) is 0.692. The highest BCUT2D eigenvalue weighted by atomic mass is 16.5. The van der Waals surface area contributed by atoms with E-state index in [4.69, 9.17) is 4.74 Å². The van der Waals surface area contributed by atoms with E-state index in [1.807, 2.05) is 32.0 Å². The van der Waals surface area contributed by atoms with Gasteiger partial charge >= 0.3 is 0 Å². The number of aliphatic hydroxyl groups excluding tert-OH is 1. The molecule has 0 amide bonds. The lowest BCUT2D eigenvalue weighted by atomic mass is 10.0. The monoisotopic (exact) mass is 249 g/mol. The molecule has 1 atom stereocenters. The van der Waals surface area contributed by atoms with Gasteiger partial charge in [-0.05, 0) is 46.2 Å². The number of ether oxygens (including phenoxy) is 1. The van der Waals surface area contributed by atoms with Crippen LogP contribution in [0.25, 0.3) is 0 Å². The molecule has 1 fully saturated rings. The first-order valence-electron chi connectivity index (χ1n) is 6.61. The van der Waals surface area contributed by atoms with Crippen molar-refractivity contribution in [3.8, 4) is 5.75 Å². The standard InChI is InChI=1S/C15H23NO2/c1-11(2)18-14-8-6-5-7-13(14)16-10-12(17)9-15(16,3)4/h5-8,11-12,17H,9-10H2,1-4H3. The van der Waals surface area contributed by atoms with Crippen LogP contribution in [-0.4, -0.2) is 29.4 Å². The second kappa shape index (κ2) is 4.81. The molecule has 1 heterocycles. The summed E-state index contributed by atoms with van der Waals surface area (Å²) < 4.78 is 5.86. The highest BCUT2D eigenvalue weighted by Gasteiger charge is 2.38. The van der Waals surface area contributed by atoms with Crippen molar-refractivity contribution in [3.05, 3.63) is 24.3 Å². The summed E-state index contributed by atoms with van der Waals surface area (Å²) in [7, 11) is 0. The Morgan fingerprint density at radius 2 is 2.00 bits per heavy atom. The topological polar surface area (TPSA) is 32.7 Å². The summed E-state index contributed by atoms with van der Waals surface area (Å²) in [6.45, 7) is 9.05. The molecule has 0 aromatic heterocycles. The fourth-order valence-electron chi connectivity index (χ4n) is 2.67. The zero-order valence-electron chi connectivity index (χ0n) is 11.7. The lowest BCUT2D eigenvalue weighted by molar-refractivity contribution is 0.188. The Hall–Kier alpha value is -1.22. The number of benzene rings is 1. The number of nitrogens with zero attached hydrogens (tertiary/aromatic N) is 1. The third kappa shape index (κ3) is 2.61. The maximum atomic E-state index is 9.89. The van der Waals surface area contributed by atoms with Gasteiger partial charge in [-0.3, -0.25) is 0 Å². The third-order valence-corrected chi connectivity index (χ3v) is 3.38. The number of hydrogen-bond donors (Lipinski definition) is 1. The molecule has 1 aliphatic rings. The van der Waals surface area contributed by atoms with Gasteiger partial charge in [0.25, 0.3) is 0 Å². The normalized spacial score (nSPS) is 22.6. The van der Waals surface area contributed by atoms with Crippen molar-refractivity contribution in [2.75, 3.05) is 11.4 Å². The Morgan fingerprint density at radius 1 is 1.33 bits per heavy atom. The second-order valence-corrected chi connectivity index (χ2v) is 5.92. The van der Waals surface area contributed by atoms with E-state index in [9.17, 15) is 5.11 Å². The molecule has 1 aromatic rings. The molecule has 0 radical (unpaired) electrons. The number of para-hydroxylation sites is 2. The largest absolute Gasteiger partial charge is 0.489 e. The molecule has 1 aliphatic heterocycles. The van der Waals surface area contributed by atoms with Crippen molar-refractivity contribution >= 4 is 5.69 Å². The van der Waals surface area contributed by atoms with Crippen molar-refractivity contribution < 1.29 is 9.84 Å². The molecule has 100 valence electrons. The summed E-state index contributed by atoms with van der Waals surface area (Å²) in [4.78, 5) is 2.25. The Balaban J connectivity index is 2.33. The average molecular weight is 249 g/mol. The smallest absolute Gasteiger partial charge is 0.142 e.